The van der Waals surface area contributed by atoms with Crippen LogP contribution in [0.4, 0.5) is 0 Å². The van der Waals surface area contributed by atoms with E-state index in [1.807, 2.05) is 35.0 Å². The summed E-state index contributed by atoms with van der Waals surface area (Å²) in [6, 6.07) is 11.7. The molecule has 1 unspecified atom stereocenters. The molecule has 3 aromatic heterocycles. The number of nitriles is 1. The van der Waals surface area contributed by atoms with Crippen molar-refractivity contribution < 1.29 is 4.74 Å². The third-order valence-corrected chi connectivity index (χ3v) is 4.76. The Balaban J connectivity index is 1.66. The molecule has 0 aliphatic carbocycles. The number of ether oxygens (including phenoxy) is 1. The van der Waals surface area contributed by atoms with Crippen molar-refractivity contribution in [1.29, 1.82) is 5.26 Å². The number of H-pyrrole nitrogens is 1. The lowest BCUT2D eigenvalue weighted by molar-refractivity contribution is 0.379. The van der Waals surface area contributed by atoms with E-state index in [0.29, 0.717) is 28.5 Å². The molecule has 140 valence electrons. The number of aromatic amines is 1. The zero-order valence-corrected chi connectivity index (χ0v) is 15.0. The maximum Gasteiger partial charge on any atom is 0.244 e. The normalized spacial score (nSPS) is 15.5. The van der Waals surface area contributed by atoms with Crippen molar-refractivity contribution in [3.05, 3.63) is 84.0 Å². The van der Waals surface area contributed by atoms with Gasteiger partial charge in [-0.05, 0) is 23.8 Å². The predicted molar refractivity (Wildman–Crippen MR) is 102 cm³/mol. The van der Waals surface area contributed by atoms with E-state index < -0.39 is 5.92 Å². The Morgan fingerprint density at radius 3 is 2.62 bits per heavy atom. The van der Waals surface area contributed by atoms with Crippen LogP contribution < -0.4 is 10.5 Å². The molecule has 1 atom stereocenters. The molecule has 0 radical (unpaired) electrons. The monoisotopic (exact) mass is 382 g/mol. The molecule has 0 fully saturated rings. The molecule has 9 nitrogen and oxygen atoms in total. The quantitative estimate of drug-likeness (QED) is 0.555. The first-order valence-electron chi connectivity index (χ1n) is 8.78. The molecule has 0 saturated carbocycles. The van der Waals surface area contributed by atoms with Crippen LogP contribution in [-0.4, -0.2) is 29.7 Å². The summed E-state index contributed by atoms with van der Waals surface area (Å²) in [5.74, 6) is 0.351. The highest BCUT2D eigenvalue weighted by molar-refractivity contribution is 5.66. The van der Waals surface area contributed by atoms with E-state index in [1.165, 1.54) is 0 Å². The molecule has 4 aromatic rings. The first-order valence-corrected chi connectivity index (χ1v) is 8.78. The smallest absolute Gasteiger partial charge is 0.244 e. The molecule has 0 amide bonds. The fourth-order valence-electron chi connectivity index (χ4n) is 3.43. The molecule has 0 bridgehead atoms. The van der Waals surface area contributed by atoms with E-state index in [-0.39, 0.29) is 5.88 Å². The van der Waals surface area contributed by atoms with Gasteiger partial charge in [0.15, 0.2) is 5.82 Å². The van der Waals surface area contributed by atoms with Gasteiger partial charge in [0.1, 0.15) is 17.3 Å². The maximum atomic E-state index is 9.78. The van der Waals surface area contributed by atoms with Gasteiger partial charge in [0.25, 0.3) is 0 Å². The highest BCUT2D eigenvalue weighted by atomic mass is 16.5. The highest BCUT2D eigenvalue weighted by Gasteiger charge is 2.36. The number of nitrogens with zero attached hydrogens (tertiary/aromatic N) is 6. The number of benzene rings is 1. The van der Waals surface area contributed by atoms with Crippen LogP contribution in [-0.2, 0) is 0 Å². The Kier molecular flexibility index (Phi) is 3.81. The molecule has 9 heteroatoms. The fourth-order valence-corrected chi connectivity index (χ4v) is 3.43. The van der Waals surface area contributed by atoms with Crippen molar-refractivity contribution in [2.75, 3.05) is 0 Å². The summed E-state index contributed by atoms with van der Waals surface area (Å²) in [4.78, 5) is 12.7. The molecule has 29 heavy (non-hydrogen) atoms. The first-order chi connectivity index (χ1) is 14.3. The standard InChI is InChI=1S/C20H14N8O/c21-10-14-15(12-2-4-13(5-3-12)28-9-8-23-11-28)16-17(19-24-6-1-7-25-19)26-27-20(16)29-18(14)22/h1-9,11,15H,22H2,(H,26,27). The molecule has 1 aliphatic heterocycles. The van der Waals surface area contributed by atoms with Crippen LogP contribution in [0.3, 0.4) is 0 Å². The minimum atomic E-state index is -0.460. The second-order valence-corrected chi connectivity index (χ2v) is 6.38. The number of fused-ring (bicyclic) bond motifs is 1. The average molecular weight is 382 g/mol. The van der Waals surface area contributed by atoms with Crippen molar-refractivity contribution in [2.24, 2.45) is 5.73 Å². The molecule has 5 rings (SSSR count). The minimum Gasteiger partial charge on any atom is -0.420 e. The van der Waals surface area contributed by atoms with Gasteiger partial charge in [-0.25, -0.2) is 15.0 Å². The van der Waals surface area contributed by atoms with Gasteiger partial charge in [-0.15, -0.1) is 5.10 Å². The third-order valence-electron chi connectivity index (χ3n) is 4.76. The summed E-state index contributed by atoms with van der Waals surface area (Å²) < 4.78 is 7.49. The largest absolute Gasteiger partial charge is 0.420 e. The number of allylic oxidation sites excluding steroid dienone is 1. The van der Waals surface area contributed by atoms with E-state index >= 15 is 0 Å². The molecule has 1 aromatic carbocycles. The summed E-state index contributed by atoms with van der Waals surface area (Å²) >= 11 is 0. The lowest BCUT2D eigenvalue weighted by Crippen LogP contribution is -2.21. The summed E-state index contributed by atoms with van der Waals surface area (Å²) in [5, 5.41) is 16.9. The molecule has 0 spiro atoms. The molecule has 1 aliphatic rings. The van der Waals surface area contributed by atoms with Crippen molar-refractivity contribution >= 4 is 0 Å². The van der Waals surface area contributed by atoms with Crippen LogP contribution in [0.5, 0.6) is 5.88 Å². The van der Waals surface area contributed by atoms with Crippen molar-refractivity contribution in [3.8, 4) is 29.2 Å². The lowest BCUT2D eigenvalue weighted by atomic mass is 9.84. The molecule has 4 heterocycles. The Bertz CT molecular complexity index is 1230. The zero-order chi connectivity index (χ0) is 19.8. The van der Waals surface area contributed by atoms with Crippen LogP contribution in [0.1, 0.15) is 17.0 Å². The Morgan fingerprint density at radius 1 is 1.14 bits per heavy atom. The van der Waals surface area contributed by atoms with E-state index in [1.54, 1.807) is 31.0 Å². The maximum absolute atomic E-state index is 9.78. The molecule has 0 saturated heterocycles. The Labute approximate surface area is 165 Å². The van der Waals surface area contributed by atoms with E-state index in [9.17, 15) is 5.26 Å². The summed E-state index contributed by atoms with van der Waals surface area (Å²) in [6.45, 7) is 0. The van der Waals surface area contributed by atoms with Crippen LogP contribution in [0.15, 0.2) is 72.9 Å². The SMILES string of the molecule is N#CC1=C(N)Oc2n[nH]c(-c3ncccn3)c2C1c1ccc(-n2ccnc2)cc1. The second kappa shape index (κ2) is 6.61. The van der Waals surface area contributed by atoms with Gasteiger partial charge in [-0.3, -0.25) is 5.10 Å². The molecular weight excluding hydrogens is 368 g/mol. The predicted octanol–water partition coefficient (Wildman–Crippen LogP) is 2.27. The fraction of sp³-hybridized carbons (Fsp3) is 0.0500. The van der Waals surface area contributed by atoms with Crippen molar-refractivity contribution in [3.63, 3.8) is 0 Å². The van der Waals surface area contributed by atoms with Gasteiger partial charge in [0.05, 0.1) is 17.8 Å². The van der Waals surface area contributed by atoms with Crippen LogP contribution >= 0.6 is 0 Å². The van der Waals surface area contributed by atoms with Crippen molar-refractivity contribution in [2.45, 2.75) is 5.92 Å². The summed E-state index contributed by atoms with van der Waals surface area (Å²) in [6.07, 6.45) is 8.59. The van der Waals surface area contributed by atoms with E-state index in [2.05, 4.69) is 31.2 Å². The van der Waals surface area contributed by atoms with Gasteiger partial charge in [0.2, 0.25) is 11.8 Å². The number of nitrogens with two attached hydrogens (primary N) is 1. The van der Waals surface area contributed by atoms with Gasteiger partial charge in [-0.1, -0.05) is 12.1 Å². The topological polar surface area (TPSA) is 131 Å². The van der Waals surface area contributed by atoms with Gasteiger partial charge in [0, 0.05) is 30.5 Å². The molecular formula is C20H14N8O. The summed E-state index contributed by atoms with van der Waals surface area (Å²) in [5.41, 5.74) is 9.43. The summed E-state index contributed by atoms with van der Waals surface area (Å²) in [7, 11) is 0. The van der Waals surface area contributed by atoms with Crippen LogP contribution in [0.2, 0.25) is 0 Å². The molecule has 3 N–H and O–H groups in total. The zero-order valence-electron chi connectivity index (χ0n) is 15.0. The van der Waals surface area contributed by atoms with E-state index in [4.69, 9.17) is 10.5 Å². The highest BCUT2D eigenvalue weighted by Crippen LogP contribution is 2.44. The second-order valence-electron chi connectivity index (χ2n) is 6.38. The number of hydrogen-bond donors (Lipinski definition) is 2. The van der Waals surface area contributed by atoms with Crippen molar-refractivity contribution in [1.82, 2.24) is 29.7 Å². The van der Waals surface area contributed by atoms with Crippen LogP contribution in [0.25, 0.3) is 17.2 Å². The van der Waals surface area contributed by atoms with Gasteiger partial charge >= 0.3 is 0 Å². The number of hydrogen-bond acceptors (Lipinski definition) is 7. The first kappa shape index (κ1) is 16.7. The number of rotatable bonds is 3. The number of aromatic nitrogens is 6. The van der Waals surface area contributed by atoms with Crippen LogP contribution in [0, 0.1) is 11.3 Å². The van der Waals surface area contributed by atoms with E-state index in [0.717, 1.165) is 11.3 Å². The minimum absolute atomic E-state index is 0.0377. The number of imidazole rings is 1. The van der Waals surface area contributed by atoms with Gasteiger partial charge < -0.3 is 15.0 Å². The Morgan fingerprint density at radius 2 is 1.93 bits per heavy atom. The third kappa shape index (κ3) is 2.71. The number of nitrogens with one attached hydrogen (secondary N) is 1. The average Bonchev–Trinajstić information content (AvgIpc) is 3.44. The van der Waals surface area contributed by atoms with Gasteiger partial charge in [-0.2, -0.15) is 5.26 Å². The Hall–Kier alpha value is -4.45. The lowest BCUT2D eigenvalue weighted by Gasteiger charge is -2.24.